The lowest BCUT2D eigenvalue weighted by molar-refractivity contribution is -0.445. The number of phenols is 1. The number of rotatable bonds is 19. The molecule has 332 valence electrons. The van der Waals surface area contributed by atoms with Gasteiger partial charge in [-0.1, -0.05) is 41.9 Å². The van der Waals surface area contributed by atoms with Gasteiger partial charge >= 0.3 is 0 Å². The van der Waals surface area contributed by atoms with E-state index in [1.807, 2.05) is 41.6 Å². The second kappa shape index (κ2) is 18.4. The number of benzene rings is 2. The summed E-state index contributed by atoms with van der Waals surface area (Å²) in [6.45, 7) is 6.92. The summed E-state index contributed by atoms with van der Waals surface area (Å²) in [6.07, 6.45) is 10.8. The zero-order chi connectivity index (χ0) is 43.7. The van der Waals surface area contributed by atoms with E-state index < -0.39 is 31.1 Å². The van der Waals surface area contributed by atoms with Crippen molar-refractivity contribution in [2.75, 3.05) is 41.3 Å². The Morgan fingerprint density at radius 1 is 0.852 bits per heavy atom. The molecule has 14 nitrogen and oxygen atoms in total. The first-order valence-corrected chi connectivity index (χ1v) is 26.1. The van der Waals surface area contributed by atoms with E-state index in [2.05, 4.69) is 33.1 Å². The molecule has 0 saturated heterocycles. The van der Waals surface area contributed by atoms with Gasteiger partial charge in [-0.3, -0.25) is 18.7 Å². The number of hydrogen-bond donors (Lipinski definition) is 5. The summed E-state index contributed by atoms with van der Waals surface area (Å²) in [6, 6.07) is 10.3. The summed E-state index contributed by atoms with van der Waals surface area (Å²) in [7, 11) is -8.67. The van der Waals surface area contributed by atoms with Gasteiger partial charge in [-0.15, -0.1) is 0 Å². The van der Waals surface area contributed by atoms with Crippen LogP contribution in [0.1, 0.15) is 108 Å². The maximum Gasteiger partial charge on any atom is 0.294 e. The third kappa shape index (κ3) is 9.61. The number of aromatic hydroxyl groups is 1. The maximum atomic E-state index is 12.7. The van der Waals surface area contributed by atoms with Crippen LogP contribution in [0.4, 0.5) is 11.4 Å². The van der Waals surface area contributed by atoms with E-state index in [0.717, 1.165) is 103 Å². The Labute approximate surface area is 372 Å². The molecule has 0 radical (unpaired) electrons. The molecule has 61 heavy (non-hydrogen) atoms. The van der Waals surface area contributed by atoms with Gasteiger partial charge in [0.15, 0.2) is 12.3 Å². The van der Waals surface area contributed by atoms with E-state index in [0.29, 0.717) is 49.7 Å². The predicted octanol–water partition coefficient (Wildman–Crippen LogP) is 6.37. The van der Waals surface area contributed by atoms with Gasteiger partial charge in [0, 0.05) is 72.1 Å². The highest BCUT2D eigenvalue weighted by Gasteiger charge is 2.56. The van der Waals surface area contributed by atoms with Gasteiger partial charge in [0.25, 0.3) is 20.2 Å². The van der Waals surface area contributed by atoms with Crippen LogP contribution in [0, 0.1) is 0 Å². The van der Waals surface area contributed by atoms with Crippen LogP contribution in [0.15, 0.2) is 64.2 Å². The van der Waals surface area contributed by atoms with Crippen LogP contribution in [-0.2, 0) is 45.4 Å². The zero-order valence-corrected chi connectivity index (χ0v) is 38.7. The molecule has 0 aromatic heterocycles. The highest BCUT2D eigenvalue weighted by molar-refractivity contribution is 14.1. The molecule has 0 saturated carbocycles. The minimum atomic E-state index is -4.51. The summed E-state index contributed by atoms with van der Waals surface area (Å²) in [5.74, 6) is -0.103. The molecule has 0 spiro atoms. The molecule has 4 unspecified atom stereocenters. The molecule has 5 aliphatic rings. The average Bonchev–Trinajstić information content (AvgIpc) is 3.61. The van der Waals surface area contributed by atoms with Gasteiger partial charge in [-0.2, -0.15) is 21.4 Å². The van der Waals surface area contributed by atoms with Gasteiger partial charge in [-0.25, -0.2) is 0 Å². The van der Waals surface area contributed by atoms with Crippen molar-refractivity contribution >= 4 is 71.7 Å². The molecule has 4 atom stereocenters. The molecular formula is C44H58IN4O10S2+. The number of phenolic OH excluding ortho intramolecular Hbond substituents is 1. The van der Waals surface area contributed by atoms with Gasteiger partial charge < -0.3 is 25.4 Å². The number of unbranched alkanes of at least 4 members (excludes halogenated alkanes) is 5. The molecule has 5 aliphatic heterocycles. The van der Waals surface area contributed by atoms with E-state index in [-0.39, 0.29) is 46.8 Å². The molecule has 0 fully saturated rings. The molecule has 0 aliphatic carbocycles. The first kappa shape index (κ1) is 45.7. The molecule has 2 aromatic rings. The number of hydrogen-bond acceptors (Lipinski definition) is 9. The largest absolute Gasteiger partial charge is 0.508 e. The number of ether oxygens (including phenoxy) is 1. The van der Waals surface area contributed by atoms with Gasteiger partial charge in [0.2, 0.25) is 17.5 Å². The lowest BCUT2D eigenvalue weighted by Gasteiger charge is -2.43. The van der Waals surface area contributed by atoms with Crippen LogP contribution in [0.2, 0.25) is 0 Å². The molecule has 5 heterocycles. The van der Waals surface area contributed by atoms with Crippen molar-refractivity contribution in [3.63, 3.8) is 0 Å². The smallest absolute Gasteiger partial charge is 0.294 e. The minimum absolute atomic E-state index is 0.0398. The maximum absolute atomic E-state index is 12.7. The quantitative estimate of drug-likeness (QED) is 0.0344. The highest BCUT2D eigenvalue weighted by Crippen LogP contribution is 2.57. The summed E-state index contributed by atoms with van der Waals surface area (Å²) >= 11 is 2.04. The third-order valence-electron chi connectivity index (χ3n) is 13.2. The topological polar surface area (TPSA) is 203 Å². The molecule has 2 amide bonds. The first-order valence-electron chi connectivity index (χ1n) is 21.5. The Balaban J connectivity index is 1.14. The standard InChI is InChI=1S/C44H57IN4O10S2/c1-43(18-6-3-5-11-39(51)46-20-8-4-9-21-47-40(52)28-45)33-25-29(50)12-14-35(33)48-22-16-37-31(41(43)48)27-32-38(59-37)17-23-49-36-15-13-30(61(56,57)58)26-34(36)44(2,42(32)49)19-7-10-24-60(53,54)55/h12-15,25-27,37-38H,3-11,16-24,28H2,1-2H3,(H4-,46,47,50,51,52,53,54,55,56,57,58)/p+1. The van der Waals surface area contributed by atoms with E-state index in [4.69, 9.17) is 4.74 Å². The number of fused-ring (bicyclic) bond motifs is 8. The Kier molecular flexibility index (Phi) is 13.8. The van der Waals surface area contributed by atoms with Crippen LogP contribution in [0.3, 0.4) is 0 Å². The van der Waals surface area contributed by atoms with Crippen molar-refractivity contribution in [3.8, 4) is 5.75 Å². The Hall–Kier alpha value is -3.36. The van der Waals surface area contributed by atoms with Gasteiger partial charge in [0.1, 0.15) is 5.75 Å². The van der Waals surface area contributed by atoms with E-state index in [9.17, 15) is 40.6 Å². The van der Waals surface area contributed by atoms with E-state index in [1.54, 1.807) is 12.1 Å². The Bertz CT molecular complexity index is 2380. The lowest BCUT2D eigenvalue weighted by atomic mass is 9.70. The number of halogens is 1. The number of nitrogens with one attached hydrogen (secondary N) is 2. The average molecular weight is 994 g/mol. The van der Waals surface area contributed by atoms with Crippen molar-refractivity contribution in [3.05, 3.63) is 70.4 Å². The molecule has 17 heteroatoms. The number of nitrogens with zero attached hydrogens (tertiary/aromatic N) is 2. The van der Waals surface area contributed by atoms with E-state index >= 15 is 0 Å². The summed E-state index contributed by atoms with van der Waals surface area (Å²) < 4.78 is 77.5. The molecule has 5 N–H and O–H groups in total. The predicted molar refractivity (Wildman–Crippen MR) is 241 cm³/mol. The van der Waals surface area contributed by atoms with Crippen LogP contribution in [0.25, 0.3) is 0 Å². The SMILES string of the molecule is CC1(CCCCS(=O)(=O)O)C2=C3C=C4C5=[N+](CCC4OC3CCN2c2ccc(S(=O)(=O)O)cc21)c1ccc(O)cc1C5(C)CCCCCC(=O)NCCCCCNC(=O)CI. The zero-order valence-electron chi connectivity index (χ0n) is 34.9. The van der Waals surface area contributed by atoms with Crippen LogP contribution in [-0.4, -0.2) is 102 Å². The third-order valence-corrected chi connectivity index (χ3v) is 15.6. The Morgan fingerprint density at radius 3 is 2.28 bits per heavy atom. The lowest BCUT2D eigenvalue weighted by Crippen LogP contribution is -2.48. The number of alkyl halides is 1. The fourth-order valence-corrected chi connectivity index (χ4v) is 11.7. The second-order valence-electron chi connectivity index (χ2n) is 17.5. The number of allylic oxidation sites excluding steroid dienone is 1. The van der Waals surface area contributed by atoms with Crippen LogP contribution >= 0.6 is 22.6 Å². The number of anilines is 1. The summed E-state index contributed by atoms with van der Waals surface area (Å²) in [5.41, 5.74) is 6.58. The summed E-state index contributed by atoms with van der Waals surface area (Å²) in [4.78, 5) is 26.1. The minimum Gasteiger partial charge on any atom is -0.508 e. The first-order chi connectivity index (χ1) is 28.9. The fraction of sp³-hybridized carbons (Fsp3) is 0.568. The van der Waals surface area contributed by atoms with Crippen molar-refractivity contribution in [1.82, 2.24) is 10.6 Å². The normalized spacial score (nSPS) is 24.0. The van der Waals surface area contributed by atoms with Crippen molar-refractivity contribution < 1.29 is 49.9 Å². The Morgan fingerprint density at radius 2 is 1.56 bits per heavy atom. The summed E-state index contributed by atoms with van der Waals surface area (Å²) in [5, 5.41) is 16.7. The van der Waals surface area contributed by atoms with Crippen molar-refractivity contribution in [1.29, 1.82) is 0 Å². The van der Waals surface area contributed by atoms with E-state index in [1.165, 1.54) is 12.1 Å². The number of carbonyl (C=O) groups is 2. The monoisotopic (exact) mass is 993 g/mol. The van der Waals surface area contributed by atoms with Crippen molar-refractivity contribution in [2.45, 2.75) is 125 Å². The number of carbonyl (C=O) groups excluding carboxylic acids is 2. The fourth-order valence-electron chi connectivity index (χ4n) is 10.4. The van der Waals surface area contributed by atoms with Crippen LogP contribution < -0.4 is 15.5 Å². The molecule has 0 bridgehead atoms. The van der Waals surface area contributed by atoms with Gasteiger partial charge in [-0.05, 0) is 107 Å². The number of amides is 2. The second-order valence-corrected chi connectivity index (χ2v) is 21.2. The van der Waals surface area contributed by atoms with Crippen LogP contribution in [0.5, 0.6) is 5.75 Å². The molecular weight excluding hydrogens is 936 g/mol. The van der Waals surface area contributed by atoms with Crippen molar-refractivity contribution in [2.24, 2.45) is 0 Å². The molecule has 2 aromatic carbocycles. The molecule has 7 rings (SSSR count). The highest BCUT2D eigenvalue weighted by atomic mass is 127. The van der Waals surface area contributed by atoms with Gasteiger partial charge in [0.05, 0.1) is 32.7 Å².